The molecule has 7 nitrogen and oxygen atoms in total. The maximum atomic E-state index is 12.4. The van der Waals surface area contributed by atoms with Crippen LogP contribution in [0.2, 0.25) is 0 Å². The molecule has 2 aliphatic heterocycles. The quantitative estimate of drug-likeness (QED) is 0.529. The van der Waals surface area contributed by atoms with Gasteiger partial charge in [-0.1, -0.05) is 60.7 Å². The summed E-state index contributed by atoms with van der Waals surface area (Å²) in [6, 6.07) is 20.3. The minimum atomic E-state index is -0.432. The van der Waals surface area contributed by atoms with Crippen molar-refractivity contribution in [3.63, 3.8) is 0 Å². The first kappa shape index (κ1) is 24.2. The van der Waals surface area contributed by atoms with Gasteiger partial charge in [0.1, 0.15) is 6.54 Å². The molecule has 0 saturated carbocycles. The second-order valence-corrected chi connectivity index (χ2v) is 9.34. The Morgan fingerprint density at radius 3 is 2.21 bits per heavy atom. The van der Waals surface area contributed by atoms with E-state index in [0.29, 0.717) is 6.61 Å². The molecular weight excluding hydrogens is 428 g/mol. The number of ether oxygens (including phenoxy) is 1. The van der Waals surface area contributed by atoms with Crippen molar-refractivity contribution in [1.82, 2.24) is 20.4 Å². The Kier molecular flexibility index (Phi) is 8.55. The summed E-state index contributed by atoms with van der Waals surface area (Å²) < 4.78 is 4.88. The van der Waals surface area contributed by atoms with Gasteiger partial charge in [-0.25, -0.2) is 4.79 Å². The fourth-order valence-electron chi connectivity index (χ4n) is 5.23. The van der Waals surface area contributed by atoms with E-state index in [1.54, 1.807) is 6.92 Å². The Bertz CT molecular complexity index is 910. The fourth-order valence-corrected chi connectivity index (χ4v) is 5.23. The molecule has 0 aromatic heterocycles. The van der Waals surface area contributed by atoms with Crippen LogP contribution in [-0.2, 0) is 16.1 Å². The normalized spacial score (nSPS) is 21.1. The summed E-state index contributed by atoms with van der Waals surface area (Å²) in [5.74, 6) is 1.01. The molecule has 2 aliphatic rings. The van der Waals surface area contributed by atoms with Gasteiger partial charge < -0.3 is 20.3 Å². The van der Waals surface area contributed by atoms with E-state index in [1.807, 2.05) is 30.3 Å². The van der Waals surface area contributed by atoms with Crippen LogP contribution in [0.5, 0.6) is 0 Å². The number of fused-ring (bicyclic) bond motifs is 1. The van der Waals surface area contributed by atoms with Crippen LogP contribution >= 0.6 is 0 Å². The Hall–Kier alpha value is -2.90. The van der Waals surface area contributed by atoms with Crippen molar-refractivity contribution >= 4 is 12.0 Å². The second-order valence-electron chi connectivity index (χ2n) is 9.34. The predicted molar refractivity (Wildman–Crippen MR) is 132 cm³/mol. The molecule has 2 amide bonds. The number of likely N-dealkylation sites (tertiary alicyclic amines) is 2. The van der Waals surface area contributed by atoms with Gasteiger partial charge in [0.25, 0.3) is 0 Å². The molecule has 0 bridgehead atoms. The van der Waals surface area contributed by atoms with E-state index in [4.69, 9.17) is 4.74 Å². The molecule has 7 heteroatoms. The summed E-state index contributed by atoms with van der Waals surface area (Å²) in [7, 11) is 0. The van der Waals surface area contributed by atoms with Crippen molar-refractivity contribution in [2.45, 2.75) is 25.9 Å². The van der Waals surface area contributed by atoms with Crippen molar-refractivity contribution in [2.75, 3.05) is 45.9 Å². The zero-order chi connectivity index (χ0) is 23.8. The van der Waals surface area contributed by atoms with E-state index in [-0.39, 0.29) is 18.6 Å². The minimum absolute atomic E-state index is 0.113. The van der Waals surface area contributed by atoms with Gasteiger partial charge >= 0.3 is 12.0 Å². The van der Waals surface area contributed by atoms with Crippen LogP contribution in [0.4, 0.5) is 4.79 Å². The van der Waals surface area contributed by atoms with E-state index in [9.17, 15) is 9.59 Å². The third-order valence-corrected chi connectivity index (χ3v) is 6.83. The first-order valence-electron chi connectivity index (χ1n) is 12.3. The zero-order valence-corrected chi connectivity index (χ0v) is 20.0. The molecule has 2 N–H and O–H groups in total. The second kappa shape index (κ2) is 12.0. The standard InChI is InChI=1S/C27H36N4O3/c1-2-34-26(32)15-28-27(33)29-25(22-11-7-4-8-12-22)13-14-30-17-23-19-31(20-24(23)18-30)16-21-9-5-3-6-10-21/h3-12,23-25H,2,13-20H2,1H3,(H2,28,29,33)/t23?,24?,25-/m0/s1. The van der Waals surface area contributed by atoms with Gasteiger partial charge in [0.05, 0.1) is 12.6 Å². The number of urea groups is 1. The lowest BCUT2D eigenvalue weighted by molar-refractivity contribution is -0.141. The zero-order valence-electron chi connectivity index (χ0n) is 20.0. The van der Waals surface area contributed by atoms with E-state index >= 15 is 0 Å². The van der Waals surface area contributed by atoms with Crippen LogP contribution in [0.15, 0.2) is 60.7 Å². The number of amides is 2. The molecule has 2 aromatic rings. The van der Waals surface area contributed by atoms with Gasteiger partial charge in [-0.2, -0.15) is 0 Å². The summed E-state index contributed by atoms with van der Waals surface area (Å²) in [6.45, 7) is 8.44. The predicted octanol–water partition coefficient (Wildman–Crippen LogP) is 3.04. The van der Waals surface area contributed by atoms with Crippen molar-refractivity contribution in [3.8, 4) is 0 Å². The first-order chi connectivity index (χ1) is 16.6. The number of hydrogen-bond acceptors (Lipinski definition) is 5. The Labute approximate surface area is 202 Å². The van der Waals surface area contributed by atoms with E-state index < -0.39 is 5.97 Å². The number of nitrogens with zero attached hydrogens (tertiary/aromatic N) is 2. The molecule has 0 radical (unpaired) electrons. The summed E-state index contributed by atoms with van der Waals surface area (Å²) in [4.78, 5) is 29.1. The summed E-state index contributed by atoms with van der Waals surface area (Å²) in [5, 5.41) is 5.66. The Balaban J connectivity index is 1.25. The molecule has 3 atom stereocenters. The van der Waals surface area contributed by atoms with Crippen LogP contribution in [0, 0.1) is 11.8 Å². The third-order valence-electron chi connectivity index (χ3n) is 6.83. The summed E-state index contributed by atoms with van der Waals surface area (Å²) in [5.41, 5.74) is 2.46. The number of rotatable bonds is 10. The van der Waals surface area contributed by atoms with Crippen molar-refractivity contribution < 1.29 is 14.3 Å². The lowest BCUT2D eigenvalue weighted by Gasteiger charge is -2.25. The van der Waals surface area contributed by atoms with Crippen LogP contribution in [0.1, 0.15) is 30.5 Å². The van der Waals surface area contributed by atoms with Gasteiger partial charge in [-0.15, -0.1) is 0 Å². The number of carbonyl (C=O) groups is 2. The smallest absolute Gasteiger partial charge is 0.325 e. The van der Waals surface area contributed by atoms with E-state index in [0.717, 1.165) is 63.1 Å². The maximum absolute atomic E-state index is 12.4. The molecule has 4 rings (SSSR count). The van der Waals surface area contributed by atoms with Gasteiger partial charge in [-0.3, -0.25) is 9.69 Å². The number of nitrogens with one attached hydrogen (secondary N) is 2. The molecule has 34 heavy (non-hydrogen) atoms. The highest BCUT2D eigenvalue weighted by atomic mass is 16.5. The lowest BCUT2D eigenvalue weighted by atomic mass is 10.0. The van der Waals surface area contributed by atoms with Crippen LogP contribution < -0.4 is 10.6 Å². The molecule has 2 heterocycles. The average molecular weight is 465 g/mol. The number of carbonyl (C=O) groups excluding carboxylic acids is 2. The van der Waals surface area contributed by atoms with Gasteiger partial charge in [0.2, 0.25) is 0 Å². The molecule has 2 aromatic carbocycles. The van der Waals surface area contributed by atoms with Crippen LogP contribution in [-0.4, -0.2) is 67.7 Å². The molecule has 0 spiro atoms. The van der Waals surface area contributed by atoms with Gasteiger partial charge in [0.15, 0.2) is 0 Å². The van der Waals surface area contributed by atoms with E-state index in [1.165, 1.54) is 5.56 Å². The first-order valence-corrected chi connectivity index (χ1v) is 12.3. The van der Waals surface area contributed by atoms with Crippen molar-refractivity contribution in [1.29, 1.82) is 0 Å². The minimum Gasteiger partial charge on any atom is -0.465 e. The van der Waals surface area contributed by atoms with Crippen LogP contribution in [0.25, 0.3) is 0 Å². The summed E-state index contributed by atoms with van der Waals surface area (Å²) in [6.07, 6.45) is 0.823. The molecule has 2 saturated heterocycles. The SMILES string of the molecule is CCOC(=O)CNC(=O)N[C@@H](CCN1CC2CN(Cc3ccccc3)CC2C1)c1ccccc1. The van der Waals surface area contributed by atoms with E-state index in [2.05, 4.69) is 50.8 Å². The molecular formula is C27H36N4O3. The molecule has 2 unspecified atom stereocenters. The Morgan fingerprint density at radius 2 is 1.56 bits per heavy atom. The Morgan fingerprint density at radius 1 is 0.941 bits per heavy atom. The van der Waals surface area contributed by atoms with Crippen molar-refractivity contribution in [2.24, 2.45) is 11.8 Å². The fraction of sp³-hybridized carbons (Fsp3) is 0.481. The monoisotopic (exact) mass is 464 g/mol. The topological polar surface area (TPSA) is 73.9 Å². The highest BCUT2D eigenvalue weighted by Crippen LogP contribution is 2.32. The number of benzene rings is 2. The highest BCUT2D eigenvalue weighted by molar-refractivity contribution is 5.81. The average Bonchev–Trinajstić information content (AvgIpc) is 3.40. The van der Waals surface area contributed by atoms with Crippen LogP contribution in [0.3, 0.4) is 0 Å². The maximum Gasteiger partial charge on any atom is 0.325 e. The third kappa shape index (κ3) is 6.81. The van der Waals surface area contributed by atoms with Gasteiger partial charge in [0, 0.05) is 39.3 Å². The van der Waals surface area contributed by atoms with Crippen molar-refractivity contribution in [3.05, 3.63) is 71.8 Å². The molecule has 0 aliphatic carbocycles. The summed E-state index contributed by atoms with van der Waals surface area (Å²) >= 11 is 0. The largest absolute Gasteiger partial charge is 0.465 e. The number of hydrogen-bond donors (Lipinski definition) is 2. The molecule has 182 valence electrons. The number of esters is 1. The van der Waals surface area contributed by atoms with Gasteiger partial charge in [-0.05, 0) is 36.3 Å². The highest BCUT2D eigenvalue weighted by Gasteiger charge is 2.39. The lowest BCUT2D eigenvalue weighted by Crippen LogP contribution is -2.41. The molecule has 2 fully saturated rings.